The van der Waals surface area contributed by atoms with E-state index in [1.165, 1.54) is 11.7 Å². The predicted octanol–water partition coefficient (Wildman–Crippen LogP) is 4.14. The Balaban J connectivity index is 1.89. The third-order valence-electron chi connectivity index (χ3n) is 3.30. The highest BCUT2D eigenvalue weighted by Crippen LogP contribution is 2.30. The van der Waals surface area contributed by atoms with Crippen molar-refractivity contribution in [3.63, 3.8) is 0 Å². The van der Waals surface area contributed by atoms with Gasteiger partial charge in [-0.1, -0.05) is 17.7 Å². The molecule has 0 saturated heterocycles. The lowest BCUT2D eigenvalue weighted by Crippen LogP contribution is -2.02. The molecule has 1 heterocycles. The normalized spacial score (nSPS) is 10.5. The number of hydrogen-bond donors (Lipinski definition) is 1. The molecular weight excluding hydrogens is 304 g/mol. The van der Waals surface area contributed by atoms with E-state index in [9.17, 15) is 0 Å². The fourth-order valence-corrected chi connectivity index (χ4v) is 2.90. The summed E-state index contributed by atoms with van der Waals surface area (Å²) < 4.78 is 8.49. The van der Waals surface area contributed by atoms with Crippen LogP contribution in [0.1, 0.15) is 16.7 Å². The van der Waals surface area contributed by atoms with Gasteiger partial charge in [0, 0.05) is 6.54 Å². The standard InChI is InChI=1S/C15H11ClN4S/c1-9-6-10(7-17)2-3-11(9)8-18-14-12(16)4-5-13-15(14)20-21-19-13/h2-6,18H,8H2,1H3. The van der Waals surface area contributed by atoms with E-state index in [2.05, 4.69) is 20.1 Å². The molecule has 0 bridgehead atoms. The highest BCUT2D eigenvalue weighted by molar-refractivity contribution is 7.00. The number of nitriles is 1. The molecule has 3 rings (SSSR count). The maximum Gasteiger partial charge on any atom is 0.129 e. The number of rotatable bonds is 3. The van der Waals surface area contributed by atoms with E-state index in [1.807, 2.05) is 37.3 Å². The monoisotopic (exact) mass is 314 g/mol. The predicted molar refractivity (Wildman–Crippen MR) is 85.6 cm³/mol. The summed E-state index contributed by atoms with van der Waals surface area (Å²) in [6.07, 6.45) is 0. The minimum absolute atomic E-state index is 0.619. The molecule has 0 aliphatic heterocycles. The molecule has 104 valence electrons. The van der Waals surface area contributed by atoms with Crippen molar-refractivity contribution in [1.29, 1.82) is 5.26 Å². The molecule has 3 aromatic rings. The van der Waals surface area contributed by atoms with Gasteiger partial charge in [0.15, 0.2) is 0 Å². The third-order valence-corrected chi connectivity index (χ3v) is 4.16. The first kappa shape index (κ1) is 13.8. The van der Waals surface area contributed by atoms with Crippen molar-refractivity contribution >= 4 is 40.0 Å². The van der Waals surface area contributed by atoms with Gasteiger partial charge in [-0.2, -0.15) is 14.0 Å². The molecule has 6 heteroatoms. The molecule has 0 unspecified atom stereocenters. The molecule has 1 aromatic heterocycles. The van der Waals surface area contributed by atoms with Crippen LogP contribution in [0.15, 0.2) is 30.3 Å². The number of aryl methyl sites for hydroxylation is 1. The summed E-state index contributed by atoms with van der Waals surface area (Å²) in [5.74, 6) is 0. The van der Waals surface area contributed by atoms with Gasteiger partial charge in [0.25, 0.3) is 0 Å². The first-order valence-electron chi connectivity index (χ1n) is 6.33. The molecule has 0 radical (unpaired) electrons. The zero-order valence-electron chi connectivity index (χ0n) is 11.2. The van der Waals surface area contributed by atoms with Crippen LogP contribution in [0.5, 0.6) is 0 Å². The molecule has 0 saturated carbocycles. The van der Waals surface area contributed by atoms with Crippen molar-refractivity contribution in [2.45, 2.75) is 13.5 Å². The largest absolute Gasteiger partial charge is 0.378 e. The molecule has 0 amide bonds. The van der Waals surface area contributed by atoms with Gasteiger partial charge in [-0.3, -0.25) is 0 Å². The Hall–Kier alpha value is -2.16. The van der Waals surface area contributed by atoms with E-state index in [4.69, 9.17) is 16.9 Å². The number of nitrogens with one attached hydrogen (secondary N) is 1. The quantitative estimate of drug-likeness (QED) is 0.789. The number of anilines is 1. The maximum absolute atomic E-state index is 8.89. The Kier molecular flexibility index (Phi) is 3.74. The van der Waals surface area contributed by atoms with Gasteiger partial charge in [0.2, 0.25) is 0 Å². The Labute approximate surface area is 131 Å². The second kappa shape index (κ2) is 5.68. The smallest absolute Gasteiger partial charge is 0.129 e. The summed E-state index contributed by atoms with van der Waals surface area (Å²) in [6.45, 7) is 2.61. The van der Waals surface area contributed by atoms with Crippen LogP contribution in [-0.4, -0.2) is 8.75 Å². The van der Waals surface area contributed by atoms with Gasteiger partial charge in [-0.15, -0.1) is 0 Å². The van der Waals surface area contributed by atoms with Gasteiger partial charge in [-0.25, -0.2) is 0 Å². The summed E-state index contributed by atoms with van der Waals surface area (Å²) in [5.41, 5.74) is 5.28. The highest BCUT2D eigenvalue weighted by Gasteiger charge is 2.10. The second-order valence-corrected chi connectivity index (χ2v) is 5.60. The molecule has 2 aromatic carbocycles. The van der Waals surface area contributed by atoms with Crippen molar-refractivity contribution in [3.8, 4) is 6.07 Å². The van der Waals surface area contributed by atoms with Crippen LogP contribution in [0.3, 0.4) is 0 Å². The summed E-state index contributed by atoms with van der Waals surface area (Å²) >= 11 is 7.42. The van der Waals surface area contributed by atoms with Crippen LogP contribution in [0.2, 0.25) is 5.02 Å². The number of nitrogens with zero attached hydrogens (tertiary/aromatic N) is 3. The van der Waals surface area contributed by atoms with Crippen molar-refractivity contribution in [2.24, 2.45) is 0 Å². The fraction of sp³-hybridized carbons (Fsp3) is 0.133. The zero-order chi connectivity index (χ0) is 14.8. The maximum atomic E-state index is 8.89. The van der Waals surface area contributed by atoms with E-state index in [-0.39, 0.29) is 0 Å². The third kappa shape index (κ3) is 2.68. The lowest BCUT2D eigenvalue weighted by atomic mass is 10.1. The van der Waals surface area contributed by atoms with Crippen molar-refractivity contribution < 1.29 is 0 Å². The number of hydrogen-bond acceptors (Lipinski definition) is 5. The van der Waals surface area contributed by atoms with E-state index in [1.54, 1.807) is 0 Å². The molecule has 4 nitrogen and oxygen atoms in total. The number of aromatic nitrogens is 2. The number of fused-ring (bicyclic) bond motifs is 1. The van der Waals surface area contributed by atoms with Gasteiger partial charge < -0.3 is 5.32 Å². The van der Waals surface area contributed by atoms with E-state index < -0.39 is 0 Å². The lowest BCUT2D eigenvalue weighted by Gasteiger charge is -2.11. The molecule has 0 fully saturated rings. The van der Waals surface area contributed by atoms with Gasteiger partial charge in [0.05, 0.1) is 34.1 Å². The molecule has 0 spiro atoms. The van der Waals surface area contributed by atoms with Gasteiger partial charge >= 0.3 is 0 Å². The van der Waals surface area contributed by atoms with Gasteiger partial charge in [0.1, 0.15) is 11.0 Å². The first-order valence-corrected chi connectivity index (χ1v) is 7.44. The van der Waals surface area contributed by atoms with E-state index >= 15 is 0 Å². The number of halogens is 1. The SMILES string of the molecule is Cc1cc(C#N)ccc1CNc1c(Cl)ccc2nsnc12. The minimum atomic E-state index is 0.619. The summed E-state index contributed by atoms with van der Waals surface area (Å²) in [4.78, 5) is 0. The second-order valence-electron chi connectivity index (χ2n) is 4.66. The highest BCUT2D eigenvalue weighted by atomic mass is 35.5. The molecule has 0 aliphatic rings. The fourth-order valence-electron chi connectivity index (χ4n) is 2.14. The molecule has 1 N–H and O–H groups in total. The molecule has 0 aliphatic carbocycles. The molecule has 21 heavy (non-hydrogen) atoms. The van der Waals surface area contributed by atoms with Crippen LogP contribution < -0.4 is 5.32 Å². The van der Waals surface area contributed by atoms with Crippen LogP contribution >= 0.6 is 23.3 Å². The zero-order valence-corrected chi connectivity index (χ0v) is 12.8. The summed E-state index contributed by atoms with van der Waals surface area (Å²) in [6, 6.07) is 11.5. The summed E-state index contributed by atoms with van der Waals surface area (Å²) in [5, 5.41) is 12.8. The first-order chi connectivity index (χ1) is 10.2. The Bertz CT molecular complexity index is 850. The van der Waals surface area contributed by atoms with E-state index in [0.717, 1.165) is 27.8 Å². The number of benzene rings is 2. The van der Waals surface area contributed by atoms with Gasteiger partial charge in [-0.05, 0) is 42.3 Å². The Morgan fingerprint density at radius 2 is 2.14 bits per heavy atom. The van der Waals surface area contributed by atoms with Crippen molar-refractivity contribution in [1.82, 2.24) is 8.75 Å². The van der Waals surface area contributed by atoms with Crippen LogP contribution in [0.25, 0.3) is 11.0 Å². The van der Waals surface area contributed by atoms with Crippen LogP contribution in [0, 0.1) is 18.3 Å². The summed E-state index contributed by atoms with van der Waals surface area (Å²) in [7, 11) is 0. The minimum Gasteiger partial charge on any atom is -0.378 e. The topological polar surface area (TPSA) is 61.6 Å². The van der Waals surface area contributed by atoms with Crippen LogP contribution in [0.4, 0.5) is 5.69 Å². The Morgan fingerprint density at radius 3 is 2.90 bits per heavy atom. The van der Waals surface area contributed by atoms with E-state index in [0.29, 0.717) is 17.1 Å². The molecular formula is C15H11ClN4S. The molecule has 0 atom stereocenters. The lowest BCUT2D eigenvalue weighted by molar-refractivity contribution is 1.12. The van der Waals surface area contributed by atoms with Crippen molar-refractivity contribution in [2.75, 3.05) is 5.32 Å². The van der Waals surface area contributed by atoms with Crippen LogP contribution in [-0.2, 0) is 6.54 Å². The Morgan fingerprint density at radius 1 is 1.29 bits per heavy atom. The average Bonchev–Trinajstić information content (AvgIpc) is 2.96. The average molecular weight is 315 g/mol. The van der Waals surface area contributed by atoms with Crippen molar-refractivity contribution in [3.05, 3.63) is 52.0 Å².